The quantitative estimate of drug-likeness (QED) is 0.773. The number of rotatable bonds is 3. The number of ether oxygens (including phenoxy) is 1. The summed E-state index contributed by atoms with van der Waals surface area (Å²) in [7, 11) is 0. The lowest BCUT2D eigenvalue weighted by Gasteiger charge is -2.10. The molecule has 0 amide bonds. The molecule has 0 unspecified atom stereocenters. The van der Waals surface area contributed by atoms with Crippen molar-refractivity contribution in [2.24, 2.45) is 0 Å². The monoisotopic (exact) mass is 277 g/mol. The fraction of sp³-hybridized carbons (Fsp3) is 0.250. The highest BCUT2D eigenvalue weighted by atomic mass is 19.4. The van der Waals surface area contributed by atoms with E-state index in [0.717, 1.165) is 5.56 Å². The topological polar surface area (TPSA) is 9.23 Å². The third-order valence-corrected chi connectivity index (χ3v) is 3.25. The molecule has 1 nitrogen and oxygen atoms in total. The minimum absolute atomic E-state index is 0.207. The van der Waals surface area contributed by atoms with Crippen LogP contribution in [-0.4, -0.2) is 6.36 Å². The molecule has 0 bridgehead atoms. The maximum absolute atomic E-state index is 12.2. The van der Waals surface area contributed by atoms with Gasteiger partial charge in [-0.25, -0.2) is 0 Å². The summed E-state index contributed by atoms with van der Waals surface area (Å²) in [6, 6.07) is 14.9. The predicted molar refractivity (Wildman–Crippen MR) is 69.4 cm³/mol. The van der Waals surface area contributed by atoms with E-state index in [-0.39, 0.29) is 5.75 Å². The zero-order valence-electron chi connectivity index (χ0n) is 10.6. The van der Waals surface area contributed by atoms with E-state index < -0.39 is 6.36 Å². The number of benzene rings is 2. The van der Waals surface area contributed by atoms with Crippen molar-refractivity contribution < 1.29 is 17.9 Å². The Morgan fingerprint density at radius 2 is 1.85 bits per heavy atom. The van der Waals surface area contributed by atoms with Crippen molar-refractivity contribution in [3.05, 3.63) is 54.1 Å². The third kappa shape index (κ3) is 3.13. The van der Waals surface area contributed by atoms with Crippen LogP contribution in [0.4, 0.5) is 13.2 Å². The van der Waals surface area contributed by atoms with Crippen molar-refractivity contribution in [2.45, 2.75) is 25.1 Å². The van der Waals surface area contributed by atoms with Crippen LogP contribution in [0.1, 0.15) is 24.3 Å². The Hall–Kier alpha value is -1.97. The van der Waals surface area contributed by atoms with Crippen LogP contribution in [0.5, 0.6) is 5.75 Å². The van der Waals surface area contributed by atoms with Gasteiger partial charge in [-0.2, -0.15) is 0 Å². The highest BCUT2D eigenvalue weighted by Crippen LogP contribution is 2.40. The molecule has 1 aliphatic carbocycles. The van der Waals surface area contributed by atoms with Crippen LogP contribution in [0.2, 0.25) is 0 Å². The molecule has 2 aromatic rings. The van der Waals surface area contributed by atoms with Gasteiger partial charge in [0.25, 0.3) is 0 Å². The first kappa shape index (κ1) is 13.0. The molecule has 0 aromatic heterocycles. The normalized spacial score (nSPS) is 15.2. The van der Waals surface area contributed by atoms with Crippen LogP contribution in [0, 0.1) is 6.07 Å². The molecule has 0 saturated heterocycles. The summed E-state index contributed by atoms with van der Waals surface area (Å²) in [4.78, 5) is 0. The van der Waals surface area contributed by atoms with Crippen LogP contribution in [0.15, 0.2) is 42.5 Å². The van der Waals surface area contributed by atoms with Crippen molar-refractivity contribution in [1.82, 2.24) is 0 Å². The lowest BCUT2D eigenvalue weighted by molar-refractivity contribution is -0.274. The summed E-state index contributed by atoms with van der Waals surface area (Å²) in [6.07, 6.45) is -2.27. The van der Waals surface area contributed by atoms with Crippen LogP contribution in [-0.2, 0) is 0 Å². The fourth-order valence-electron chi connectivity index (χ4n) is 2.14. The van der Waals surface area contributed by atoms with Crippen LogP contribution < -0.4 is 4.74 Å². The largest absolute Gasteiger partial charge is 0.573 e. The average molecular weight is 277 g/mol. The molecule has 1 saturated carbocycles. The smallest absolute Gasteiger partial charge is 0.406 e. The van der Waals surface area contributed by atoms with E-state index >= 15 is 0 Å². The lowest BCUT2D eigenvalue weighted by Crippen LogP contribution is -2.17. The second-order valence-electron chi connectivity index (χ2n) is 4.88. The minimum atomic E-state index is -4.67. The first-order chi connectivity index (χ1) is 9.51. The second kappa shape index (κ2) is 4.85. The third-order valence-electron chi connectivity index (χ3n) is 3.25. The van der Waals surface area contributed by atoms with E-state index in [1.54, 1.807) is 12.1 Å². The van der Waals surface area contributed by atoms with Gasteiger partial charge in [0.2, 0.25) is 0 Å². The van der Waals surface area contributed by atoms with Crippen molar-refractivity contribution in [1.29, 1.82) is 0 Å². The van der Waals surface area contributed by atoms with Crippen LogP contribution >= 0.6 is 0 Å². The van der Waals surface area contributed by atoms with Crippen molar-refractivity contribution in [2.75, 3.05) is 0 Å². The Morgan fingerprint density at radius 3 is 2.45 bits per heavy atom. The maximum atomic E-state index is 12.2. The fourth-order valence-corrected chi connectivity index (χ4v) is 2.14. The summed E-state index contributed by atoms with van der Waals surface area (Å²) in [6.45, 7) is 0. The zero-order chi connectivity index (χ0) is 14.2. The molecule has 1 aliphatic rings. The average Bonchev–Trinajstić information content (AvgIpc) is 3.21. The highest BCUT2D eigenvalue weighted by molar-refractivity contribution is 5.65. The number of alkyl halides is 3. The van der Waals surface area contributed by atoms with E-state index in [9.17, 15) is 13.2 Å². The Morgan fingerprint density at radius 1 is 1.05 bits per heavy atom. The molecule has 3 rings (SSSR count). The Bertz CT molecular complexity index is 598. The van der Waals surface area contributed by atoms with Gasteiger partial charge in [0.05, 0.1) is 0 Å². The molecule has 103 valence electrons. The molecule has 0 N–H and O–H groups in total. The minimum Gasteiger partial charge on any atom is -0.406 e. The van der Waals surface area contributed by atoms with Crippen molar-refractivity contribution in [3.63, 3.8) is 0 Å². The summed E-state index contributed by atoms with van der Waals surface area (Å²) < 4.78 is 40.5. The second-order valence-corrected chi connectivity index (χ2v) is 4.88. The van der Waals surface area contributed by atoms with Crippen molar-refractivity contribution in [3.8, 4) is 16.9 Å². The predicted octanol–water partition coefficient (Wildman–Crippen LogP) is 4.93. The van der Waals surface area contributed by atoms with E-state index in [0.29, 0.717) is 11.5 Å². The van der Waals surface area contributed by atoms with E-state index in [1.165, 1.54) is 30.5 Å². The van der Waals surface area contributed by atoms with Crippen LogP contribution in [0.25, 0.3) is 11.1 Å². The molecule has 1 radical (unpaired) electrons. The van der Waals surface area contributed by atoms with Gasteiger partial charge in [0, 0.05) is 0 Å². The van der Waals surface area contributed by atoms with Gasteiger partial charge in [0.1, 0.15) is 5.75 Å². The molecule has 0 spiro atoms. The van der Waals surface area contributed by atoms with Gasteiger partial charge in [-0.15, -0.1) is 13.2 Å². The molecule has 4 heteroatoms. The standard InChI is InChI=1S/C16H12F3O/c17-16(18,19)20-15-3-1-2-14(10-15)13-8-6-12(7-9-13)11-4-5-11/h1-3,6,8-11H,4-5H2. The Kier molecular flexibility index (Phi) is 3.16. The van der Waals surface area contributed by atoms with Gasteiger partial charge < -0.3 is 4.74 Å². The summed E-state index contributed by atoms with van der Waals surface area (Å²) in [5.74, 6) is 0.408. The molecule has 0 atom stereocenters. The lowest BCUT2D eigenvalue weighted by atomic mass is 10.0. The number of hydrogen-bond donors (Lipinski definition) is 0. The SMILES string of the molecule is FC(F)(F)Oc1cccc(-c2c[c]c(C3CC3)cc2)c1. The molecule has 0 heterocycles. The number of hydrogen-bond acceptors (Lipinski definition) is 1. The van der Waals surface area contributed by atoms with E-state index in [2.05, 4.69) is 10.8 Å². The van der Waals surface area contributed by atoms with Gasteiger partial charge >= 0.3 is 6.36 Å². The van der Waals surface area contributed by atoms with Gasteiger partial charge in [-0.3, -0.25) is 0 Å². The molecule has 1 fully saturated rings. The summed E-state index contributed by atoms with van der Waals surface area (Å²) in [5.41, 5.74) is 2.70. The Labute approximate surface area is 115 Å². The van der Waals surface area contributed by atoms with E-state index in [1.807, 2.05) is 18.2 Å². The maximum Gasteiger partial charge on any atom is 0.573 e. The van der Waals surface area contributed by atoms with Gasteiger partial charge in [-0.1, -0.05) is 24.3 Å². The highest BCUT2D eigenvalue weighted by Gasteiger charge is 2.31. The number of halogens is 3. The first-order valence-corrected chi connectivity index (χ1v) is 6.39. The van der Waals surface area contributed by atoms with Crippen molar-refractivity contribution >= 4 is 0 Å². The molecular weight excluding hydrogens is 265 g/mol. The summed E-state index contributed by atoms with van der Waals surface area (Å²) in [5, 5.41) is 0. The van der Waals surface area contributed by atoms with Crippen LogP contribution in [0.3, 0.4) is 0 Å². The molecular formula is C16H12F3O. The van der Waals surface area contributed by atoms with E-state index in [4.69, 9.17) is 0 Å². The van der Waals surface area contributed by atoms with Gasteiger partial charge in [-0.05, 0) is 59.7 Å². The first-order valence-electron chi connectivity index (χ1n) is 6.39. The summed E-state index contributed by atoms with van der Waals surface area (Å²) >= 11 is 0. The molecule has 0 aliphatic heterocycles. The zero-order valence-corrected chi connectivity index (χ0v) is 10.6. The molecule has 2 aromatic carbocycles. The Balaban J connectivity index is 1.83. The van der Waals surface area contributed by atoms with Gasteiger partial charge in [0.15, 0.2) is 0 Å². The molecule has 20 heavy (non-hydrogen) atoms.